The van der Waals surface area contributed by atoms with E-state index in [1.165, 1.54) is 44.6 Å². The van der Waals surface area contributed by atoms with Crippen molar-refractivity contribution in [1.29, 1.82) is 0 Å². The first kappa shape index (κ1) is 27.1. The molecule has 1 aliphatic rings. The van der Waals surface area contributed by atoms with Crippen molar-refractivity contribution < 1.29 is 36.4 Å². The number of para-hydroxylation sites is 2. The van der Waals surface area contributed by atoms with Crippen molar-refractivity contribution in [2.45, 2.75) is 11.8 Å². The van der Waals surface area contributed by atoms with Gasteiger partial charge in [0.1, 0.15) is 11.5 Å². The zero-order valence-corrected chi connectivity index (χ0v) is 22.5. The minimum atomic E-state index is -4.08. The summed E-state index contributed by atoms with van der Waals surface area (Å²) < 4.78 is 46.9. The topological polar surface area (TPSA) is 108 Å². The summed E-state index contributed by atoms with van der Waals surface area (Å²) in [6.45, 7) is 2.01. The van der Waals surface area contributed by atoms with Gasteiger partial charge in [0.2, 0.25) is 0 Å². The standard InChI is InChI=1S/C27H25NO8S2/c1-18-8-11-20(12-9-18)38(31,32)36-23-13-10-19(16-24(23)34-3)17-25-26(29)28(27(30)37-25)14-15-35-22-7-5-4-6-21(22)33-2/h4-13,16-17H,14-15H2,1-3H3/b25-17-. The van der Waals surface area contributed by atoms with E-state index in [9.17, 15) is 18.0 Å². The van der Waals surface area contributed by atoms with Crippen LogP contribution in [0.2, 0.25) is 0 Å². The molecule has 198 valence electrons. The van der Waals surface area contributed by atoms with Crippen molar-refractivity contribution in [2.24, 2.45) is 0 Å². The highest BCUT2D eigenvalue weighted by molar-refractivity contribution is 8.18. The summed E-state index contributed by atoms with van der Waals surface area (Å²) in [5, 5.41) is -0.416. The molecule has 11 heteroatoms. The summed E-state index contributed by atoms with van der Waals surface area (Å²) in [6.07, 6.45) is 1.53. The van der Waals surface area contributed by atoms with E-state index in [0.717, 1.165) is 22.2 Å². The third-order valence-electron chi connectivity index (χ3n) is 5.51. The van der Waals surface area contributed by atoms with Crippen LogP contribution in [0.25, 0.3) is 6.08 Å². The number of carbonyl (C=O) groups is 2. The van der Waals surface area contributed by atoms with Crippen molar-refractivity contribution in [3.05, 3.63) is 82.8 Å². The highest BCUT2D eigenvalue weighted by Crippen LogP contribution is 2.35. The Labute approximate surface area is 225 Å². The summed E-state index contributed by atoms with van der Waals surface area (Å²) in [6, 6.07) is 17.9. The second-order valence-electron chi connectivity index (χ2n) is 8.09. The van der Waals surface area contributed by atoms with Gasteiger partial charge in [-0.1, -0.05) is 35.9 Å². The van der Waals surface area contributed by atoms with Crippen LogP contribution in [-0.2, 0) is 14.9 Å². The quantitative estimate of drug-likeness (QED) is 0.255. The molecule has 0 aliphatic carbocycles. The lowest BCUT2D eigenvalue weighted by Gasteiger charge is -2.14. The van der Waals surface area contributed by atoms with Gasteiger partial charge >= 0.3 is 10.1 Å². The lowest BCUT2D eigenvalue weighted by molar-refractivity contribution is -0.123. The smallest absolute Gasteiger partial charge is 0.339 e. The van der Waals surface area contributed by atoms with E-state index < -0.39 is 21.3 Å². The number of thioether (sulfide) groups is 1. The molecule has 0 aromatic heterocycles. The summed E-state index contributed by atoms with van der Waals surface area (Å²) >= 11 is 0.807. The monoisotopic (exact) mass is 555 g/mol. The first-order valence-corrected chi connectivity index (χ1v) is 13.6. The van der Waals surface area contributed by atoms with Gasteiger partial charge in [0.25, 0.3) is 11.1 Å². The Bertz CT molecular complexity index is 1480. The molecule has 0 N–H and O–H groups in total. The Balaban J connectivity index is 1.45. The van der Waals surface area contributed by atoms with Crippen LogP contribution in [0.15, 0.2) is 76.5 Å². The second-order valence-corrected chi connectivity index (χ2v) is 10.6. The Morgan fingerprint density at radius 3 is 2.24 bits per heavy atom. The summed E-state index contributed by atoms with van der Waals surface area (Å²) in [5.41, 5.74) is 1.44. The number of carbonyl (C=O) groups excluding carboxylic acids is 2. The molecule has 1 aliphatic heterocycles. The van der Waals surface area contributed by atoms with Gasteiger partial charge in [-0.25, -0.2) is 0 Å². The van der Waals surface area contributed by atoms with E-state index in [1.807, 2.05) is 13.0 Å². The normalized spacial score (nSPS) is 14.6. The number of ether oxygens (including phenoxy) is 3. The van der Waals surface area contributed by atoms with E-state index in [4.69, 9.17) is 18.4 Å². The number of methoxy groups -OCH3 is 2. The van der Waals surface area contributed by atoms with Gasteiger partial charge in [0.05, 0.1) is 25.7 Å². The molecule has 1 fully saturated rings. The molecule has 9 nitrogen and oxygen atoms in total. The average molecular weight is 556 g/mol. The van der Waals surface area contributed by atoms with Crippen LogP contribution in [0.5, 0.6) is 23.0 Å². The van der Waals surface area contributed by atoms with Crippen LogP contribution >= 0.6 is 11.8 Å². The molecule has 0 radical (unpaired) electrons. The minimum absolute atomic E-state index is 0.00758. The van der Waals surface area contributed by atoms with Crippen LogP contribution in [0, 0.1) is 6.92 Å². The number of rotatable bonds is 10. The van der Waals surface area contributed by atoms with Gasteiger partial charge in [-0.2, -0.15) is 8.42 Å². The predicted molar refractivity (Wildman–Crippen MR) is 143 cm³/mol. The Morgan fingerprint density at radius 1 is 0.868 bits per heavy atom. The number of aryl methyl sites for hydroxylation is 1. The SMILES string of the molecule is COc1ccccc1OCCN1C(=O)S/C(=C\c2ccc(OS(=O)(=O)c3ccc(C)cc3)c(OC)c2)C1=O. The molecule has 3 aromatic carbocycles. The maximum atomic E-state index is 12.9. The van der Waals surface area contributed by atoms with Crippen LogP contribution in [-0.4, -0.2) is 51.8 Å². The molecule has 0 atom stereocenters. The van der Waals surface area contributed by atoms with Gasteiger partial charge in [-0.15, -0.1) is 0 Å². The second kappa shape index (κ2) is 11.6. The molecular formula is C27H25NO8S2. The molecule has 4 rings (SSSR count). The average Bonchev–Trinajstić information content (AvgIpc) is 3.17. The third-order valence-corrected chi connectivity index (χ3v) is 7.67. The van der Waals surface area contributed by atoms with E-state index in [-0.39, 0.29) is 34.5 Å². The molecule has 0 spiro atoms. The fourth-order valence-corrected chi connectivity index (χ4v) is 5.35. The van der Waals surface area contributed by atoms with Gasteiger partial charge in [0.15, 0.2) is 23.0 Å². The Morgan fingerprint density at radius 2 is 1.55 bits per heavy atom. The molecule has 1 heterocycles. The highest BCUT2D eigenvalue weighted by Gasteiger charge is 2.35. The number of hydrogen-bond acceptors (Lipinski definition) is 9. The van der Waals surface area contributed by atoms with Gasteiger partial charge in [0, 0.05) is 0 Å². The van der Waals surface area contributed by atoms with E-state index >= 15 is 0 Å². The van der Waals surface area contributed by atoms with Crippen molar-refractivity contribution in [2.75, 3.05) is 27.4 Å². The lowest BCUT2D eigenvalue weighted by Crippen LogP contribution is -2.32. The summed E-state index contributed by atoms with van der Waals surface area (Å²) in [7, 11) is -1.18. The molecular weight excluding hydrogens is 530 g/mol. The van der Waals surface area contributed by atoms with Gasteiger partial charge < -0.3 is 18.4 Å². The Kier molecular flexibility index (Phi) is 8.28. The molecule has 3 aromatic rings. The third kappa shape index (κ3) is 6.12. The number of imide groups is 1. The number of amides is 2. The van der Waals surface area contributed by atoms with Gasteiger partial charge in [-0.05, 0) is 66.7 Å². The molecule has 0 saturated carbocycles. The largest absolute Gasteiger partial charge is 0.493 e. The molecule has 1 saturated heterocycles. The zero-order chi connectivity index (χ0) is 27.3. The van der Waals surface area contributed by atoms with E-state index in [2.05, 4.69) is 0 Å². The number of hydrogen-bond donors (Lipinski definition) is 0. The highest BCUT2D eigenvalue weighted by atomic mass is 32.2. The van der Waals surface area contributed by atoms with Crippen molar-refractivity contribution >= 4 is 39.1 Å². The lowest BCUT2D eigenvalue weighted by atomic mass is 10.2. The van der Waals surface area contributed by atoms with Crippen molar-refractivity contribution in [1.82, 2.24) is 4.90 Å². The fraction of sp³-hybridized carbons (Fsp3) is 0.185. The molecule has 0 bridgehead atoms. The summed E-state index contributed by atoms with van der Waals surface area (Å²) in [4.78, 5) is 26.7. The van der Waals surface area contributed by atoms with E-state index in [0.29, 0.717) is 17.1 Å². The summed E-state index contributed by atoms with van der Waals surface area (Å²) in [5.74, 6) is 0.751. The molecule has 2 amide bonds. The van der Waals surface area contributed by atoms with E-state index in [1.54, 1.807) is 36.4 Å². The molecule has 38 heavy (non-hydrogen) atoms. The van der Waals surface area contributed by atoms with Gasteiger partial charge in [-0.3, -0.25) is 14.5 Å². The maximum Gasteiger partial charge on any atom is 0.339 e. The van der Waals surface area contributed by atoms with Crippen LogP contribution < -0.4 is 18.4 Å². The zero-order valence-electron chi connectivity index (χ0n) is 20.9. The number of nitrogens with zero attached hydrogens (tertiary/aromatic N) is 1. The van der Waals surface area contributed by atoms with Crippen molar-refractivity contribution in [3.63, 3.8) is 0 Å². The van der Waals surface area contributed by atoms with Crippen LogP contribution in [0.3, 0.4) is 0 Å². The first-order chi connectivity index (χ1) is 18.2. The molecule has 0 unspecified atom stereocenters. The predicted octanol–water partition coefficient (Wildman–Crippen LogP) is 4.90. The first-order valence-electron chi connectivity index (χ1n) is 11.4. The Hall–Kier alpha value is -3.96. The fourth-order valence-electron chi connectivity index (χ4n) is 3.54. The number of benzene rings is 3. The van der Waals surface area contributed by atoms with Crippen LogP contribution in [0.1, 0.15) is 11.1 Å². The van der Waals surface area contributed by atoms with Crippen LogP contribution in [0.4, 0.5) is 4.79 Å². The maximum absolute atomic E-state index is 12.9. The van der Waals surface area contributed by atoms with Crippen molar-refractivity contribution in [3.8, 4) is 23.0 Å². The minimum Gasteiger partial charge on any atom is -0.493 e.